The number of aromatic nitrogens is 1. The van der Waals surface area contributed by atoms with Crippen LogP contribution < -0.4 is 5.32 Å². The largest absolute Gasteiger partial charge is 0.389 e. The van der Waals surface area contributed by atoms with Gasteiger partial charge in [0.25, 0.3) is 0 Å². The normalized spacial score (nSPS) is 22.0. The van der Waals surface area contributed by atoms with Gasteiger partial charge in [0.05, 0.1) is 0 Å². The third-order valence-corrected chi connectivity index (χ3v) is 5.70. The second kappa shape index (κ2) is 8.52. The molecule has 0 spiro atoms. The number of alkyl halides is 3. The van der Waals surface area contributed by atoms with Crippen LogP contribution in [-0.4, -0.2) is 23.7 Å². The summed E-state index contributed by atoms with van der Waals surface area (Å²) in [5, 5.41) is 3.67. The van der Waals surface area contributed by atoms with Gasteiger partial charge in [0, 0.05) is 30.3 Å². The maximum atomic E-state index is 12.4. The first-order valence-electron chi connectivity index (χ1n) is 9.77. The lowest BCUT2D eigenvalue weighted by Crippen LogP contribution is -2.36. The highest BCUT2D eigenvalue weighted by Crippen LogP contribution is 2.27. The lowest BCUT2D eigenvalue weighted by molar-refractivity contribution is -0.134. The van der Waals surface area contributed by atoms with Crippen LogP contribution in [0.25, 0.3) is 0 Å². The molecule has 25 heavy (non-hydrogen) atoms. The molecule has 2 nitrogen and oxygen atoms in total. The van der Waals surface area contributed by atoms with Crippen LogP contribution in [0.15, 0.2) is 12.1 Å². The van der Waals surface area contributed by atoms with E-state index in [-0.39, 0.29) is 6.42 Å². The van der Waals surface area contributed by atoms with Gasteiger partial charge in [0.15, 0.2) is 0 Å². The van der Waals surface area contributed by atoms with E-state index in [1.807, 2.05) is 6.07 Å². The molecule has 1 aromatic rings. The van der Waals surface area contributed by atoms with E-state index in [2.05, 4.69) is 10.3 Å². The average Bonchev–Trinajstić information content (AvgIpc) is 2.60. The van der Waals surface area contributed by atoms with E-state index in [1.54, 1.807) is 6.07 Å². The minimum absolute atomic E-state index is 0.0173. The topological polar surface area (TPSA) is 24.9 Å². The van der Waals surface area contributed by atoms with Crippen molar-refractivity contribution in [1.82, 2.24) is 10.3 Å². The molecule has 1 saturated carbocycles. The molecular weight excluding hydrogens is 325 g/mol. The lowest BCUT2D eigenvalue weighted by atomic mass is 9.86. The fraction of sp³-hybridized carbons (Fsp3) is 0.750. The number of pyridine rings is 1. The van der Waals surface area contributed by atoms with Gasteiger partial charge in [0.1, 0.15) is 0 Å². The maximum absolute atomic E-state index is 12.4. The zero-order valence-corrected chi connectivity index (χ0v) is 14.9. The molecule has 1 N–H and O–H groups in total. The Hall–Kier alpha value is -1.10. The number of halogens is 3. The molecule has 0 radical (unpaired) electrons. The molecule has 2 aliphatic rings. The summed E-state index contributed by atoms with van der Waals surface area (Å²) in [4.78, 5) is 4.52. The molecule has 0 aromatic carbocycles. The second-order valence-corrected chi connectivity index (χ2v) is 7.71. The smallest absolute Gasteiger partial charge is 0.314 e. The van der Waals surface area contributed by atoms with Crippen LogP contribution in [0, 0.1) is 5.92 Å². The van der Waals surface area contributed by atoms with E-state index < -0.39 is 12.6 Å². The predicted molar refractivity (Wildman–Crippen MR) is 93.6 cm³/mol. The number of fused-ring (bicyclic) bond motifs is 1. The average molecular weight is 354 g/mol. The van der Waals surface area contributed by atoms with Crippen molar-refractivity contribution in [2.75, 3.05) is 6.54 Å². The van der Waals surface area contributed by atoms with Gasteiger partial charge in [-0.25, -0.2) is 0 Å². The standard InChI is InChI=1S/C20H29F3N2/c21-20(22,23)12-10-17-8-6-16-7-9-18(14-19(16)25-17)24-13-11-15-4-2-1-3-5-15/h6,8,15,18,24H,1-5,7,9-14H2. The highest BCUT2D eigenvalue weighted by Gasteiger charge is 2.27. The van der Waals surface area contributed by atoms with Gasteiger partial charge in [-0.3, -0.25) is 4.98 Å². The van der Waals surface area contributed by atoms with E-state index in [0.717, 1.165) is 37.4 Å². The molecule has 2 aliphatic carbocycles. The van der Waals surface area contributed by atoms with Crippen molar-refractivity contribution in [1.29, 1.82) is 0 Å². The fourth-order valence-electron chi connectivity index (χ4n) is 4.20. The molecule has 5 heteroatoms. The summed E-state index contributed by atoms with van der Waals surface area (Å²) in [7, 11) is 0. The molecule has 1 aromatic heterocycles. The first-order chi connectivity index (χ1) is 12.0. The SMILES string of the molecule is FC(F)(F)CCc1ccc2c(n1)CC(NCCC1CCCCC1)CC2. The minimum atomic E-state index is -4.11. The van der Waals surface area contributed by atoms with Crippen molar-refractivity contribution < 1.29 is 13.2 Å². The summed E-state index contributed by atoms with van der Waals surface area (Å²) in [5.74, 6) is 0.879. The molecule has 1 heterocycles. The van der Waals surface area contributed by atoms with Crippen molar-refractivity contribution in [3.63, 3.8) is 0 Å². The van der Waals surface area contributed by atoms with Crippen molar-refractivity contribution >= 4 is 0 Å². The summed E-state index contributed by atoms with van der Waals surface area (Å²) in [5.41, 5.74) is 2.78. The van der Waals surface area contributed by atoms with Crippen molar-refractivity contribution in [3.05, 3.63) is 29.1 Å². The Bertz CT molecular complexity index is 550. The van der Waals surface area contributed by atoms with Crippen LogP contribution in [0.1, 0.15) is 68.3 Å². The Morgan fingerprint density at radius 2 is 1.88 bits per heavy atom. The quantitative estimate of drug-likeness (QED) is 0.778. The Balaban J connectivity index is 1.47. The Kier molecular flexibility index (Phi) is 6.37. The Morgan fingerprint density at radius 3 is 2.64 bits per heavy atom. The van der Waals surface area contributed by atoms with E-state index >= 15 is 0 Å². The maximum Gasteiger partial charge on any atom is 0.389 e. The van der Waals surface area contributed by atoms with Gasteiger partial charge >= 0.3 is 6.18 Å². The highest BCUT2D eigenvalue weighted by atomic mass is 19.4. The van der Waals surface area contributed by atoms with Gasteiger partial charge in [-0.2, -0.15) is 13.2 Å². The zero-order valence-electron chi connectivity index (χ0n) is 14.9. The fourth-order valence-corrected chi connectivity index (χ4v) is 4.20. The van der Waals surface area contributed by atoms with Crippen LogP contribution >= 0.6 is 0 Å². The van der Waals surface area contributed by atoms with E-state index in [4.69, 9.17) is 0 Å². The van der Waals surface area contributed by atoms with Crippen molar-refractivity contribution in [3.8, 4) is 0 Å². The summed E-state index contributed by atoms with van der Waals surface area (Å²) in [6.45, 7) is 1.05. The molecule has 1 atom stereocenters. The molecular formula is C20H29F3N2. The highest BCUT2D eigenvalue weighted by molar-refractivity contribution is 5.26. The molecule has 1 unspecified atom stereocenters. The number of nitrogens with zero attached hydrogens (tertiary/aromatic N) is 1. The second-order valence-electron chi connectivity index (χ2n) is 7.71. The molecule has 0 saturated heterocycles. The van der Waals surface area contributed by atoms with Gasteiger partial charge in [0.2, 0.25) is 0 Å². The zero-order chi connectivity index (χ0) is 17.7. The summed E-state index contributed by atoms with van der Waals surface area (Å²) < 4.78 is 37.2. The Labute approximate surface area is 148 Å². The third kappa shape index (κ3) is 5.98. The predicted octanol–water partition coefficient (Wildman–Crippen LogP) is 4.99. The van der Waals surface area contributed by atoms with Crippen molar-refractivity contribution in [2.45, 2.75) is 82.8 Å². The molecule has 0 amide bonds. The summed E-state index contributed by atoms with van der Waals surface area (Å²) in [6.07, 6.45) is 6.16. The molecule has 0 bridgehead atoms. The lowest BCUT2D eigenvalue weighted by Gasteiger charge is -2.27. The number of hydrogen-bond donors (Lipinski definition) is 1. The van der Waals surface area contributed by atoms with Crippen LogP contribution in [0.5, 0.6) is 0 Å². The van der Waals surface area contributed by atoms with Gasteiger partial charge in [-0.05, 0) is 49.8 Å². The van der Waals surface area contributed by atoms with Crippen LogP contribution in [0.4, 0.5) is 13.2 Å². The summed E-state index contributed by atoms with van der Waals surface area (Å²) in [6, 6.07) is 4.16. The number of aryl methyl sites for hydroxylation is 2. The van der Waals surface area contributed by atoms with E-state index in [0.29, 0.717) is 11.7 Å². The van der Waals surface area contributed by atoms with Crippen LogP contribution in [0.2, 0.25) is 0 Å². The van der Waals surface area contributed by atoms with Crippen molar-refractivity contribution in [2.24, 2.45) is 5.92 Å². The third-order valence-electron chi connectivity index (χ3n) is 5.70. The monoisotopic (exact) mass is 354 g/mol. The molecule has 140 valence electrons. The van der Waals surface area contributed by atoms with E-state index in [1.165, 1.54) is 44.1 Å². The van der Waals surface area contributed by atoms with Gasteiger partial charge in [-0.15, -0.1) is 0 Å². The first-order valence-corrected chi connectivity index (χ1v) is 9.77. The van der Waals surface area contributed by atoms with E-state index in [9.17, 15) is 13.2 Å². The first kappa shape index (κ1) is 18.7. The summed E-state index contributed by atoms with van der Waals surface area (Å²) >= 11 is 0. The van der Waals surface area contributed by atoms with Gasteiger partial charge in [-0.1, -0.05) is 38.2 Å². The number of nitrogens with one attached hydrogen (secondary N) is 1. The molecule has 0 aliphatic heterocycles. The molecule has 1 fully saturated rings. The van der Waals surface area contributed by atoms with Crippen LogP contribution in [-0.2, 0) is 19.3 Å². The molecule has 3 rings (SSSR count). The number of hydrogen-bond acceptors (Lipinski definition) is 2. The number of rotatable bonds is 6. The Morgan fingerprint density at radius 1 is 1.08 bits per heavy atom. The van der Waals surface area contributed by atoms with Crippen LogP contribution in [0.3, 0.4) is 0 Å². The minimum Gasteiger partial charge on any atom is -0.314 e. The van der Waals surface area contributed by atoms with Gasteiger partial charge < -0.3 is 5.32 Å².